The van der Waals surface area contributed by atoms with Gasteiger partial charge in [-0.2, -0.15) is 5.10 Å². The van der Waals surface area contributed by atoms with Crippen molar-refractivity contribution in [3.8, 4) is 5.75 Å². The van der Waals surface area contributed by atoms with Gasteiger partial charge in [0.25, 0.3) is 0 Å². The Balaban J connectivity index is 1.35. The molecule has 0 aliphatic rings. The summed E-state index contributed by atoms with van der Waals surface area (Å²) < 4.78 is 7.79. The molecule has 3 aromatic rings. The van der Waals surface area contributed by atoms with Crippen LogP contribution in [-0.2, 0) is 19.7 Å². The summed E-state index contributed by atoms with van der Waals surface area (Å²) in [5.41, 5.74) is 3.34. The number of hydrogen-bond donors (Lipinski definition) is 1. The molecule has 0 spiro atoms. The summed E-state index contributed by atoms with van der Waals surface area (Å²) in [4.78, 5) is 4.60. The maximum atomic E-state index is 5.87. The van der Waals surface area contributed by atoms with E-state index in [1.54, 1.807) is 11.3 Å². The number of hydrogen-bond acceptors (Lipinski definition) is 5. The van der Waals surface area contributed by atoms with Crippen LogP contribution < -0.4 is 10.1 Å². The van der Waals surface area contributed by atoms with E-state index < -0.39 is 0 Å². The topological polar surface area (TPSA) is 52.0 Å². The second kappa shape index (κ2) is 9.16. The molecule has 0 bridgehead atoms. The van der Waals surface area contributed by atoms with Crippen molar-refractivity contribution in [2.45, 2.75) is 40.0 Å². The fourth-order valence-electron chi connectivity index (χ4n) is 2.64. The zero-order chi connectivity index (χ0) is 18.4. The Morgan fingerprint density at radius 1 is 1.23 bits per heavy atom. The van der Waals surface area contributed by atoms with Gasteiger partial charge in [-0.3, -0.25) is 4.68 Å². The smallest absolute Gasteiger partial charge is 0.140 e. The first-order valence-electron chi connectivity index (χ1n) is 8.63. The lowest BCUT2D eigenvalue weighted by Crippen LogP contribution is -2.17. The minimum Gasteiger partial charge on any atom is -0.486 e. The molecule has 0 aliphatic heterocycles. The van der Waals surface area contributed by atoms with Crippen molar-refractivity contribution in [1.82, 2.24) is 20.1 Å². The largest absolute Gasteiger partial charge is 0.486 e. The van der Waals surface area contributed by atoms with E-state index in [1.807, 2.05) is 31.2 Å². The van der Waals surface area contributed by atoms with Crippen molar-refractivity contribution in [2.24, 2.45) is 0 Å². The number of benzene rings is 1. The highest BCUT2D eigenvalue weighted by molar-refractivity contribution is 7.09. The quantitative estimate of drug-likeness (QED) is 0.551. The Morgan fingerprint density at radius 2 is 2.04 bits per heavy atom. The maximum Gasteiger partial charge on any atom is 0.140 e. The third-order valence-corrected chi connectivity index (χ3v) is 5.03. The maximum absolute atomic E-state index is 5.87. The van der Waals surface area contributed by atoms with Gasteiger partial charge in [-0.1, -0.05) is 11.6 Å². The van der Waals surface area contributed by atoms with Crippen LogP contribution in [0.1, 0.15) is 28.5 Å². The van der Waals surface area contributed by atoms with Crippen LogP contribution in [0.3, 0.4) is 0 Å². The molecular weight excluding hydrogens is 368 g/mol. The van der Waals surface area contributed by atoms with E-state index in [4.69, 9.17) is 16.3 Å². The Bertz CT molecular complexity index is 828. The number of nitrogens with zero attached hydrogens (tertiary/aromatic N) is 3. The molecule has 5 nitrogen and oxygen atoms in total. The molecule has 1 aromatic carbocycles. The number of aromatic nitrogens is 3. The molecule has 7 heteroatoms. The minimum absolute atomic E-state index is 0.476. The van der Waals surface area contributed by atoms with Crippen LogP contribution >= 0.6 is 22.9 Å². The average Bonchev–Trinajstić information content (AvgIpc) is 3.20. The van der Waals surface area contributed by atoms with Crippen molar-refractivity contribution >= 4 is 22.9 Å². The van der Waals surface area contributed by atoms with Crippen molar-refractivity contribution in [1.29, 1.82) is 0 Å². The Morgan fingerprint density at radius 3 is 2.77 bits per heavy atom. The van der Waals surface area contributed by atoms with Gasteiger partial charge in [0.2, 0.25) is 0 Å². The highest BCUT2D eigenvalue weighted by atomic mass is 35.5. The molecule has 2 heterocycles. The van der Waals surface area contributed by atoms with Crippen LogP contribution in [0.25, 0.3) is 0 Å². The lowest BCUT2D eigenvalue weighted by molar-refractivity contribution is 0.305. The molecule has 3 rings (SSSR count). The summed E-state index contributed by atoms with van der Waals surface area (Å²) in [7, 11) is 0. The van der Waals surface area contributed by atoms with Crippen molar-refractivity contribution in [3.05, 3.63) is 62.8 Å². The summed E-state index contributed by atoms with van der Waals surface area (Å²) in [6.07, 6.45) is 1.04. The van der Waals surface area contributed by atoms with E-state index in [0.717, 1.165) is 48.2 Å². The van der Waals surface area contributed by atoms with Gasteiger partial charge in [-0.15, -0.1) is 11.3 Å². The third kappa shape index (κ3) is 5.56. The highest BCUT2D eigenvalue weighted by Gasteiger charge is 2.04. The lowest BCUT2D eigenvalue weighted by atomic mass is 10.3. The standard InChI is InChI=1S/C19H23ClN4OS/c1-14-10-15(2)24(23-14)9-3-8-21-11-17-13-26-19(22-17)12-25-18-6-4-16(20)5-7-18/h4-7,10,13,21H,3,8-9,11-12H2,1-2H3. The van der Waals surface area contributed by atoms with Crippen LogP contribution in [0.5, 0.6) is 5.75 Å². The molecule has 0 aliphatic carbocycles. The third-order valence-electron chi connectivity index (χ3n) is 3.91. The first-order valence-corrected chi connectivity index (χ1v) is 9.89. The van der Waals surface area contributed by atoms with E-state index >= 15 is 0 Å². The van der Waals surface area contributed by atoms with Crippen molar-refractivity contribution in [2.75, 3.05) is 6.54 Å². The van der Waals surface area contributed by atoms with Crippen LogP contribution in [-0.4, -0.2) is 21.3 Å². The number of nitrogens with one attached hydrogen (secondary N) is 1. The average molecular weight is 391 g/mol. The van der Waals surface area contributed by atoms with Gasteiger partial charge in [0.05, 0.1) is 11.4 Å². The predicted molar refractivity (Wildman–Crippen MR) is 106 cm³/mol. The zero-order valence-corrected chi connectivity index (χ0v) is 16.6. The number of thiazole rings is 1. The molecule has 1 N–H and O–H groups in total. The van der Waals surface area contributed by atoms with E-state index in [-0.39, 0.29) is 0 Å². The summed E-state index contributed by atoms with van der Waals surface area (Å²) in [5.74, 6) is 0.799. The molecule has 0 fully saturated rings. The number of aryl methyl sites for hydroxylation is 3. The Hall–Kier alpha value is -1.89. The fraction of sp³-hybridized carbons (Fsp3) is 0.368. The van der Waals surface area contributed by atoms with Gasteiger partial charge in [0, 0.05) is 29.2 Å². The molecule has 2 aromatic heterocycles. The molecule has 0 amide bonds. The van der Waals surface area contributed by atoms with E-state index in [9.17, 15) is 0 Å². The first kappa shape index (κ1) is 18.9. The molecule has 0 saturated carbocycles. The van der Waals surface area contributed by atoms with Gasteiger partial charge in [0.15, 0.2) is 0 Å². The molecule has 0 saturated heterocycles. The summed E-state index contributed by atoms with van der Waals surface area (Å²) in [6, 6.07) is 9.47. The molecule has 0 atom stereocenters. The second-order valence-electron chi connectivity index (χ2n) is 6.16. The number of halogens is 1. The summed E-state index contributed by atoms with van der Waals surface area (Å²) in [5, 5.41) is 11.7. The zero-order valence-electron chi connectivity index (χ0n) is 15.0. The van der Waals surface area contributed by atoms with Gasteiger partial charge >= 0.3 is 0 Å². The van der Waals surface area contributed by atoms with E-state index in [0.29, 0.717) is 11.6 Å². The Kier molecular flexibility index (Phi) is 6.66. The number of ether oxygens (including phenoxy) is 1. The van der Waals surface area contributed by atoms with Gasteiger partial charge < -0.3 is 10.1 Å². The van der Waals surface area contributed by atoms with Crippen LogP contribution in [0.4, 0.5) is 0 Å². The normalized spacial score (nSPS) is 11.0. The summed E-state index contributed by atoms with van der Waals surface area (Å²) >= 11 is 7.49. The van der Waals surface area contributed by atoms with Crippen LogP contribution in [0.2, 0.25) is 5.02 Å². The second-order valence-corrected chi connectivity index (χ2v) is 7.53. The molecule has 0 unspecified atom stereocenters. The SMILES string of the molecule is Cc1cc(C)n(CCCNCc2csc(COc3ccc(Cl)cc3)n2)n1. The lowest BCUT2D eigenvalue weighted by Gasteiger charge is -2.05. The highest BCUT2D eigenvalue weighted by Crippen LogP contribution is 2.18. The van der Waals surface area contributed by atoms with Crippen LogP contribution in [0.15, 0.2) is 35.7 Å². The summed E-state index contributed by atoms with van der Waals surface area (Å²) in [6.45, 7) is 7.24. The molecule has 138 valence electrons. The minimum atomic E-state index is 0.476. The van der Waals surface area contributed by atoms with Crippen LogP contribution in [0, 0.1) is 13.8 Å². The van der Waals surface area contributed by atoms with Crippen molar-refractivity contribution < 1.29 is 4.74 Å². The first-order chi connectivity index (χ1) is 12.6. The van der Waals surface area contributed by atoms with Gasteiger partial charge in [-0.05, 0) is 57.1 Å². The monoisotopic (exact) mass is 390 g/mol. The molecular formula is C19H23ClN4OS. The molecule has 0 radical (unpaired) electrons. The van der Waals surface area contributed by atoms with E-state index in [2.05, 4.69) is 38.5 Å². The fourth-order valence-corrected chi connectivity index (χ4v) is 3.47. The van der Waals surface area contributed by atoms with Gasteiger partial charge in [-0.25, -0.2) is 4.98 Å². The Labute approximate surface area is 163 Å². The predicted octanol–water partition coefficient (Wildman–Crippen LogP) is 4.37. The van der Waals surface area contributed by atoms with Gasteiger partial charge in [0.1, 0.15) is 17.4 Å². The number of rotatable bonds is 9. The molecule has 26 heavy (non-hydrogen) atoms. The van der Waals surface area contributed by atoms with Crippen molar-refractivity contribution in [3.63, 3.8) is 0 Å². The van der Waals surface area contributed by atoms with E-state index in [1.165, 1.54) is 5.69 Å².